The van der Waals surface area contributed by atoms with Crippen LogP contribution in [0, 0.1) is 6.42 Å². The van der Waals surface area contributed by atoms with Crippen molar-refractivity contribution in [2.45, 2.75) is 32.2 Å². The van der Waals surface area contributed by atoms with Crippen molar-refractivity contribution in [2.75, 3.05) is 0 Å². The van der Waals surface area contributed by atoms with Crippen LogP contribution in [-0.4, -0.2) is 12.0 Å². The number of hydrogen-bond donors (Lipinski definition) is 0. The Hall–Kier alpha value is -1.39. The molecule has 1 aromatic carbocycles. The summed E-state index contributed by atoms with van der Waals surface area (Å²) in [5.41, 5.74) is 0.211. The van der Waals surface area contributed by atoms with Crippen LogP contribution >= 0.6 is 0 Å². The third-order valence-electron chi connectivity index (χ3n) is 2.28. The van der Waals surface area contributed by atoms with Gasteiger partial charge in [0, 0.05) is 18.1 Å². The van der Waals surface area contributed by atoms with E-state index in [0.29, 0.717) is 17.7 Å². The van der Waals surface area contributed by atoms with Crippen molar-refractivity contribution in [3.8, 4) is 11.5 Å². The molecule has 0 N–H and O–H groups in total. The van der Waals surface area contributed by atoms with Crippen molar-refractivity contribution in [3.05, 3.63) is 30.2 Å². The van der Waals surface area contributed by atoms with Crippen LogP contribution < -0.4 is 9.47 Å². The lowest BCUT2D eigenvalue weighted by Gasteiger charge is -2.32. The second-order valence-electron chi connectivity index (χ2n) is 4.42. The standard InChI is InChI=1S/C12H11F3O2/c1-11(2)6-5-8-3-4-9(7-10(8)17-11)16-12(13,14)15/h3-4,7H,6H2,1-2H3. The lowest BCUT2D eigenvalue weighted by Crippen LogP contribution is -2.31. The van der Waals surface area contributed by atoms with Gasteiger partial charge < -0.3 is 9.47 Å². The number of alkyl halides is 3. The maximum absolute atomic E-state index is 12.0. The molecule has 0 bridgehead atoms. The van der Waals surface area contributed by atoms with Crippen LogP contribution in [0.3, 0.4) is 0 Å². The molecule has 5 heteroatoms. The Morgan fingerprint density at radius 2 is 2.06 bits per heavy atom. The van der Waals surface area contributed by atoms with E-state index in [1.54, 1.807) is 0 Å². The molecule has 1 heterocycles. The molecule has 2 rings (SSSR count). The molecule has 0 aliphatic carbocycles. The zero-order chi connectivity index (χ0) is 12.7. The highest BCUT2D eigenvalue weighted by molar-refractivity contribution is 5.46. The van der Waals surface area contributed by atoms with Crippen LogP contribution in [-0.2, 0) is 0 Å². The van der Waals surface area contributed by atoms with Gasteiger partial charge in [-0.2, -0.15) is 0 Å². The van der Waals surface area contributed by atoms with Crippen LogP contribution in [0.5, 0.6) is 11.5 Å². The SMILES string of the molecule is CC1(C)C[C]c2ccc(OC(F)(F)F)cc2O1. The molecule has 92 valence electrons. The van der Waals surface area contributed by atoms with Gasteiger partial charge in [0.25, 0.3) is 0 Å². The van der Waals surface area contributed by atoms with E-state index in [1.807, 2.05) is 13.8 Å². The van der Waals surface area contributed by atoms with Crippen molar-refractivity contribution in [3.63, 3.8) is 0 Å². The Bertz CT molecular complexity index is 424. The first-order valence-corrected chi connectivity index (χ1v) is 5.08. The fourth-order valence-corrected chi connectivity index (χ4v) is 1.57. The second kappa shape index (κ2) is 3.82. The van der Waals surface area contributed by atoms with Crippen molar-refractivity contribution in [1.82, 2.24) is 0 Å². The van der Waals surface area contributed by atoms with Crippen LogP contribution in [0.2, 0.25) is 0 Å². The Labute approximate surface area is 97.3 Å². The van der Waals surface area contributed by atoms with Gasteiger partial charge in [0.1, 0.15) is 17.1 Å². The molecule has 0 unspecified atom stereocenters. The molecule has 0 amide bonds. The van der Waals surface area contributed by atoms with E-state index in [1.165, 1.54) is 18.2 Å². The van der Waals surface area contributed by atoms with Gasteiger partial charge in [-0.05, 0) is 26.3 Å². The molecule has 0 fully saturated rings. The van der Waals surface area contributed by atoms with Gasteiger partial charge in [-0.25, -0.2) is 0 Å². The van der Waals surface area contributed by atoms with Crippen molar-refractivity contribution < 1.29 is 22.6 Å². The topological polar surface area (TPSA) is 18.5 Å². The van der Waals surface area contributed by atoms with Crippen LogP contribution in [0.15, 0.2) is 18.2 Å². The molecule has 2 radical (unpaired) electrons. The summed E-state index contributed by atoms with van der Waals surface area (Å²) in [5.74, 6) is 0.0822. The summed E-state index contributed by atoms with van der Waals surface area (Å²) in [5, 5.41) is 0. The molecule has 0 spiro atoms. The predicted octanol–water partition coefficient (Wildman–Crippen LogP) is 3.58. The quantitative estimate of drug-likeness (QED) is 0.751. The maximum atomic E-state index is 12.0. The Morgan fingerprint density at radius 3 is 2.71 bits per heavy atom. The van der Waals surface area contributed by atoms with Crippen molar-refractivity contribution in [2.24, 2.45) is 0 Å². The first kappa shape index (κ1) is 12.1. The summed E-state index contributed by atoms with van der Waals surface area (Å²) in [6.07, 6.45) is -1.01. The number of halogens is 3. The number of rotatable bonds is 1. The molecule has 17 heavy (non-hydrogen) atoms. The molecular weight excluding hydrogens is 233 g/mol. The Morgan fingerprint density at radius 1 is 1.35 bits per heavy atom. The molecule has 0 saturated heterocycles. The van der Waals surface area contributed by atoms with Crippen LogP contribution in [0.25, 0.3) is 0 Å². The normalized spacial score (nSPS) is 18.2. The van der Waals surface area contributed by atoms with E-state index < -0.39 is 12.0 Å². The van der Waals surface area contributed by atoms with Gasteiger partial charge in [0.05, 0.1) is 0 Å². The number of fused-ring (bicyclic) bond motifs is 1. The summed E-state index contributed by atoms with van der Waals surface area (Å²) in [6, 6.07) is 3.99. The molecule has 1 aliphatic rings. The third-order valence-corrected chi connectivity index (χ3v) is 2.28. The molecule has 1 aromatic rings. The lowest BCUT2D eigenvalue weighted by molar-refractivity contribution is -0.274. The van der Waals surface area contributed by atoms with Crippen LogP contribution in [0.4, 0.5) is 13.2 Å². The highest BCUT2D eigenvalue weighted by Gasteiger charge is 2.32. The Balaban J connectivity index is 2.24. The summed E-state index contributed by atoms with van der Waals surface area (Å²) in [6.45, 7) is 3.69. The molecule has 0 saturated carbocycles. The van der Waals surface area contributed by atoms with Crippen LogP contribution in [0.1, 0.15) is 25.8 Å². The van der Waals surface area contributed by atoms with E-state index >= 15 is 0 Å². The number of hydrogen-bond acceptors (Lipinski definition) is 2. The zero-order valence-corrected chi connectivity index (χ0v) is 9.39. The van der Waals surface area contributed by atoms with Gasteiger partial charge in [-0.3, -0.25) is 0 Å². The smallest absolute Gasteiger partial charge is 0.487 e. The zero-order valence-electron chi connectivity index (χ0n) is 9.39. The lowest BCUT2D eigenvalue weighted by atomic mass is 9.94. The molecule has 0 aromatic heterocycles. The molecule has 0 atom stereocenters. The van der Waals surface area contributed by atoms with E-state index in [-0.39, 0.29) is 5.75 Å². The van der Waals surface area contributed by atoms with E-state index in [4.69, 9.17) is 4.74 Å². The minimum atomic E-state index is -4.69. The van der Waals surface area contributed by atoms with Crippen molar-refractivity contribution in [1.29, 1.82) is 0 Å². The van der Waals surface area contributed by atoms with Gasteiger partial charge in [-0.1, -0.05) is 6.07 Å². The minimum Gasteiger partial charge on any atom is -0.487 e. The van der Waals surface area contributed by atoms with E-state index in [0.717, 1.165) is 0 Å². The Kier molecular flexibility index (Phi) is 2.72. The summed E-state index contributed by atoms with van der Waals surface area (Å²) >= 11 is 0. The second-order valence-corrected chi connectivity index (χ2v) is 4.42. The van der Waals surface area contributed by atoms with Gasteiger partial charge >= 0.3 is 6.36 Å². The predicted molar refractivity (Wildman–Crippen MR) is 54.8 cm³/mol. The third kappa shape index (κ3) is 3.05. The number of benzene rings is 1. The summed E-state index contributed by atoms with van der Waals surface area (Å²) < 4.78 is 45.5. The first-order valence-electron chi connectivity index (χ1n) is 5.08. The molecule has 2 nitrogen and oxygen atoms in total. The minimum absolute atomic E-state index is 0.282. The molecule has 1 aliphatic heterocycles. The largest absolute Gasteiger partial charge is 0.573 e. The fourth-order valence-electron chi connectivity index (χ4n) is 1.57. The van der Waals surface area contributed by atoms with Gasteiger partial charge in [0.15, 0.2) is 0 Å². The fraction of sp³-hybridized carbons (Fsp3) is 0.417. The number of ether oxygens (including phenoxy) is 2. The van der Waals surface area contributed by atoms with Gasteiger partial charge in [0.2, 0.25) is 0 Å². The maximum Gasteiger partial charge on any atom is 0.573 e. The monoisotopic (exact) mass is 244 g/mol. The highest BCUT2D eigenvalue weighted by Crippen LogP contribution is 2.37. The highest BCUT2D eigenvalue weighted by atomic mass is 19.4. The van der Waals surface area contributed by atoms with Gasteiger partial charge in [-0.15, -0.1) is 13.2 Å². The van der Waals surface area contributed by atoms with Crippen molar-refractivity contribution >= 4 is 0 Å². The summed E-state index contributed by atoms with van der Waals surface area (Å²) in [4.78, 5) is 0. The molecular formula is C12H11F3O2. The average Bonchev–Trinajstić information content (AvgIpc) is 2.12. The first-order chi connectivity index (χ1) is 7.75. The van der Waals surface area contributed by atoms with E-state index in [2.05, 4.69) is 11.2 Å². The summed E-state index contributed by atoms with van der Waals surface area (Å²) in [7, 11) is 0. The average molecular weight is 244 g/mol. The van der Waals surface area contributed by atoms with E-state index in [9.17, 15) is 13.2 Å².